The van der Waals surface area contributed by atoms with Crippen molar-refractivity contribution in [2.45, 2.75) is 26.8 Å². The summed E-state index contributed by atoms with van der Waals surface area (Å²) in [5.41, 5.74) is 5.33. The number of hydrogen-bond donors (Lipinski definition) is 3. The van der Waals surface area contributed by atoms with Gasteiger partial charge in [-0.25, -0.2) is 0 Å². The molecule has 1 aromatic rings. The van der Waals surface area contributed by atoms with E-state index in [9.17, 15) is 0 Å². The van der Waals surface area contributed by atoms with Gasteiger partial charge in [-0.1, -0.05) is 38.1 Å². The van der Waals surface area contributed by atoms with Gasteiger partial charge in [0, 0.05) is 13.1 Å². The monoisotopic (exact) mass is 221 g/mol. The van der Waals surface area contributed by atoms with Gasteiger partial charge in [0.05, 0.1) is 0 Å². The first kappa shape index (κ1) is 13.2. The Morgan fingerprint density at radius 1 is 1.12 bits per heavy atom. The van der Waals surface area contributed by atoms with Crippen molar-refractivity contribution in [1.82, 2.24) is 10.7 Å². The molecule has 90 valence electrons. The van der Waals surface area contributed by atoms with E-state index in [4.69, 9.17) is 5.84 Å². The number of hydrazine groups is 1. The van der Waals surface area contributed by atoms with Crippen LogP contribution in [0.1, 0.15) is 25.0 Å². The van der Waals surface area contributed by atoms with Crippen LogP contribution in [0, 0.1) is 5.92 Å². The summed E-state index contributed by atoms with van der Waals surface area (Å²) >= 11 is 0. The molecule has 0 radical (unpaired) electrons. The van der Waals surface area contributed by atoms with E-state index < -0.39 is 0 Å². The fourth-order valence-electron chi connectivity index (χ4n) is 1.55. The van der Waals surface area contributed by atoms with E-state index in [-0.39, 0.29) is 0 Å². The van der Waals surface area contributed by atoms with Crippen LogP contribution in [0.2, 0.25) is 0 Å². The summed E-state index contributed by atoms with van der Waals surface area (Å²) in [7, 11) is 0. The SMILES string of the molecule is CC(C)CNCc1ccc(CCNN)cc1. The molecule has 0 aliphatic rings. The lowest BCUT2D eigenvalue weighted by Gasteiger charge is -2.08. The minimum atomic E-state index is 0.704. The molecule has 0 aliphatic heterocycles. The van der Waals surface area contributed by atoms with Crippen LogP contribution in [0.15, 0.2) is 24.3 Å². The minimum Gasteiger partial charge on any atom is -0.312 e. The minimum absolute atomic E-state index is 0.704. The topological polar surface area (TPSA) is 50.1 Å². The molecule has 0 amide bonds. The number of nitrogens with one attached hydrogen (secondary N) is 2. The molecule has 0 fully saturated rings. The average molecular weight is 221 g/mol. The Bertz CT molecular complexity index is 280. The van der Waals surface area contributed by atoms with Crippen LogP contribution in [0.5, 0.6) is 0 Å². The predicted molar refractivity (Wildman–Crippen MR) is 68.9 cm³/mol. The molecule has 0 unspecified atom stereocenters. The van der Waals surface area contributed by atoms with Crippen molar-refractivity contribution >= 4 is 0 Å². The lowest BCUT2D eigenvalue weighted by atomic mass is 10.1. The molecule has 0 aliphatic carbocycles. The average Bonchev–Trinajstić information content (AvgIpc) is 2.27. The summed E-state index contributed by atoms with van der Waals surface area (Å²) in [6.45, 7) is 7.28. The first-order valence-electron chi connectivity index (χ1n) is 5.94. The van der Waals surface area contributed by atoms with Crippen molar-refractivity contribution in [3.05, 3.63) is 35.4 Å². The zero-order valence-electron chi connectivity index (χ0n) is 10.3. The Balaban J connectivity index is 2.33. The molecule has 3 nitrogen and oxygen atoms in total. The molecule has 0 heterocycles. The van der Waals surface area contributed by atoms with Crippen molar-refractivity contribution in [2.75, 3.05) is 13.1 Å². The molecule has 0 aromatic heterocycles. The lowest BCUT2D eigenvalue weighted by molar-refractivity contribution is 0.552. The Hall–Kier alpha value is -0.900. The van der Waals surface area contributed by atoms with Gasteiger partial charge in [0.2, 0.25) is 0 Å². The molecule has 3 heteroatoms. The van der Waals surface area contributed by atoms with Crippen LogP contribution in [0.4, 0.5) is 0 Å². The van der Waals surface area contributed by atoms with Gasteiger partial charge >= 0.3 is 0 Å². The molecule has 0 saturated heterocycles. The largest absolute Gasteiger partial charge is 0.312 e. The standard InChI is InChI=1S/C13H23N3/c1-11(2)9-15-10-13-5-3-12(4-6-13)7-8-16-14/h3-6,11,15-16H,7-10,14H2,1-2H3. The summed E-state index contributed by atoms with van der Waals surface area (Å²) in [5.74, 6) is 5.94. The second kappa shape index (κ2) is 7.39. The van der Waals surface area contributed by atoms with Gasteiger partial charge in [-0.15, -0.1) is 0 Å². The van der Waals surface area contributed by atoms with Gasteiger partial charge in [0.15, 0.2) is 0 Å². The van der Waals surface area contributed by atoms with E-state index in [0.717, 1.165) is 26.1 Å². The third kappa shape index (κ3) is 5.26. The van der Waals surface area contributed by atoms with E-state index in [1.54, 1.807) is 0 Å². The molecule has 16 heavy (non-hydrogen) atoms. The maximum Gasteiger partial charge on any atom is 0.0205 e. The summed E-state index contributed by atoms with van der Waals surface area (Å²) in [5, 5.41) is 3.43. The first-order chi connectivity index (χ1) is 7.72. The number of benzene rings is 1. The van der Waals surface area contributed by atoms with Gasteiger partial charge in [0.1, 0.15) is 0 Å². The fourth-order valence-corrected chi connectivity index (χ4v) is 1.55. The predicted octanol–water partition coefficient (Wildman–Crippen LogP) is 1.44. The molecule has 0 bridgehead atoms. The van der Waals surface area contributed by atoms with Gasteiger partial charge < -0.3 is 5.32 Å². The number of rotatable bonds is 7. The number of hydrogen-bond acceptors (Lipinski definition) is 3. The fraction of sp³-hybridized carbons (Fsp3) is 0.538. The van der Waals surface area contributed by atoms with Gasteiger partial charge in [0.25, 0.3) is 0 Å². The molecule has 1 aromatic carbocycles. The van der Waals surface area contributed by atoms with Gasteiger partial charge in [-0.2, -0.15) is 0 Å². The first-order valence-corrected chi connectivity index (χ1v) is 5.94. The third-order valence-electron chi connectivity index (χ3n) is 2.46. The van der Waals surface area contributed by atoms with Gasteiger partial charge in [-0.05, 0) is 30.0 Å². The van der Waals surface area contributed by atoms with E-state index in [2.05, 4.69) is 48.9 Å². The van der Waals surface area contributed by atoms with E-state index in [1.165, 1.54) is 11.1 Å². The Labute approximate surface area is 98.4 Å². The molecule has 4 N–H and O–H groups in total. The van der Waals surface area contributed by atoms with E-state index in [1.807, 2.05) is 0 Å². The second-order valence-corrected chi connectivity index (χ2v) is 4.55. The van der Waals surface area contributed by atoms with Crippen molar-refractivity contribution in [1.29, 1.82) is 0 Å². The maximum atomic E-state index is 5.24. The highest BCUT2D eigenvalue weighted by Crippen LogP contribution is 2.04. The number of nitrogens with two attached hydrogens (primary N) is 1. The quantitative estimate of drug-likeness (QED) is 0.482. The van der Waals surface area contributed by atoms with E-state index >= 15 is 0 Å². The van der Waals surface area contributed by atoms with Crippen molar-refractivity contribution in [3.8, 4) is 0 Å². The van der Waals surface area contributed by atoms with Crippen LogP contribution in [-0.2, 0) is 13.0 Å². The summed E-state index contributed by atoms with van der Waals surface area (Å²) in [4.78, 5) is 0. The van der Waals surface area contributed by atoms with Crippen molar-refractivity contribution in [2.24, 2.45) is 11.8 Å². The van der Waals surface area contributed by atoms with Crippen LogP contribution in [0.3, 0.4) is 0 Å². The van der Waals surface area contributed by atoms with Gasteiger partial charge in [-0.3, -0.25) is 11.3 Å². The Morgan fingerprint density at radius 3 is 2.31 bits per heavy atom. The highest BCUT2D eigenvalue weighted by Gasteiger charge is 1.96. The molecule has 0 spiro atoms. The highest BCUT2D eigenvalue weighted by molar-refractivity contribution is 5.22. The normalized spacial score (nSPS) is 11.0. The summed E-state index contributed by atoms with van der Waals surface area (Å²) in [6.07, 6.45) is 0.982. The zero-order chi connectivity index (χ0) is 11.8. The molecule has 0 saturated carbocycles. The molecular formula is C13H23N3. The molecule has 1 rings (SSSR count). The van der Waals surface area contributed by atoms with Crippen LogP contribution in [0.25, 0.3) is 0 Å². The zero-order valence-corrected chi connectivity index (χ0v) is 10.3. The smallest absolute Gasteiger partial charge is 0.0205 e. The molecular weight excluding hydrogens is 198 g/mol. The van der Waals surface area contributed by atoms with Crippen LogP contribution in [-0.4, -0.2) is 13.1 Å². The van der Waals surface area contributed by atoms with Crippen molar-refractivity contribution < 1.29 is 0 Å². The maximum absolute atomic E-state index is 5.24. The van der Waals surface area contributed by atoms with Crippen molar-refractivity contribution in [3.63, 3.8) is 0 Å². The van der Waals surface area contributed by atoms with Crippen LogP contribution >= 0.6 is 0 Å². The van der Waals surface area contributed by atoms with Crippen LogP contribution < -0.4 is 16.6 Å². The Morgan fingerprint density at radius 2 is 1.75 bits per heavy atom. The summed E-state index contributed by atoms with van der Waals surface area (Å²) < 4.78 is 0. The summed E-state index contributed by atoms with van der Waals surface area (Å²) in [6, 6.07) is 8.70. The molecule has 0 atom stereocenters. The Kier molecular flexibility index (Phi) is 6.08. The van der Waals surface area contributed by atoms with E-state index in [0.29, 0.717) is 5.92 Å². The lowest BCUT2D eigenvalue weighted by Crippen LogP contribution is -2.24. The third-order valence-corrected chi connectivity index (χ3v) is 2.46. The highest BCUT2D eigenvalue weighted by atomic mass is 15.2. The second-order valence-electron chi connectivity index (χ2n) is 4.55.